The van der Waals surface area contributed by atoms with Gasteiger partial charge in [0, 0.05) is 0 Å². The van der Waals surface area contributed by atoms with Crippen LogP contribution in [-0.2, 0) is 14.3 Å². The van der Waals surface area contributed by atoms with Crippen molar-refractivity contribution < 1.29 is 19.4 Å². The van der Waals surface area contributed by atoms with Crippen molar-refractivity contribution in [3.05, 3.63) is 0 Å². The smallest absolute Gasteiger partial charge is 0.249 e. The molecule has 2 aliphatic heterocycles. The van der Waals surface area contributed by atoms with Gasteiger partial charge in [0.25, 0.3) is 0 Å². The van der Waals surface area contributed by atoms with Crippen LogP contribution in [0.5, 0.6) is 0 Å². The molecule has 2 rings (SSSR count). The molecule has 62 valence electrons. The molecule has 0 aromatic rings. The van der Waals surface area contributed by atoms with E-state index in [1.165, 1.54) is 0 Å². The van der Waals surface area contributed by atoms with Crippen molar-refractivity contribution in [3.8, 4) is 0 Å². The lowest BCUT2D eigenvalue weighted by Crippen LogP contribution is -2.28. The molecule has 0 spiro atoms. The van der Waals surface area contributed by atoms with Crippen LogP contribution in [-0.4, -0.2) is 42.0 Å². The highest BCUT2D eigenvalue weighted by Gasteiger charge is 2.53. The van der Waals surface area contributed by atoms with Gasteiger partial charge in [-0.2, -0.15) is 0 Å². The number of rotatable bonds is 3. The van der Waals surface area contributed by atoms with Gasteiger partial charge in [-0.3, -0.25) is 4.79 Å². The van der Waals surface area contributed by atoms with E-state index in [2.05, 4.69) is 0 Å². The highest BCUT2D eigenvalue weighted by Crippen LogP contribution is 2.31. The standard InChI is InChI=1S/C6H9NO4/c7-6(9)5-4(11-5)3(8)2-1-10-2/h2-5,8H,1H2,(H2,7,9)/t2-,3-,4+,5-/m1/s1. The summed E-state index contributed by atoms with van der Waals surface area (Å²) in [7, 11) is 0. The van der Waals surface area contributed by atoms with Crippen LogP contribution in [0.3, 0.4) is 0 Å². The molecule has 2 fully saturated rings. The second-order valence-electron chi connectivity index (χ2n) is 2.79. The third kappa shape index (κ3) is 1.22. The summed E-state index contributed by atoms with van der Waals surface area (Å²) in [5.74, 6) is -0.519. The van der Waals surface area contributed by atoms with Crippen molar-refractivity contribution in [1.29, 1.82) is 0 Å². The Bertz CT molecular complexity index is 191. The average molecular weight is 159 g/mol. The number of aliphatic hydroxyl groups is 1. The van der Waals surface area contributed by atoms with E-state index in [1.54, 1.807) is 0 Å². The monoisotopic (exact) mass is 159 g/mol. The Hall–Kier alpha value is -0.650. The normalized spacial score (nSPS) is 43.2. The largest absolute Gasteiger partial charge is 0.387 e. The van der Waals surface area contributed by atoms with Gasteiger partial charge in [0.15, 0.2) is 6.10 Å². The van der Waals surface area contributed by atoms with Gasteiger partial charge in [0.1, 0.15) is 18.3 Å². The number of carbonyl (C=O) groups excluding carboxylic acids is 1. The Labute approximate surface area is 63.1 Å². The van der Waals surface area contributed by atoms with Crippen molar-refractivity contribution in [1.82, 2.24) is 0 Å². The summed E-state index contributed by atoms with van der Waals surface area (Å²) in [4.78, 5) is 10.5. The molecule has 4 atom stereocenters. The highest BCUT2D eigenvalue weighted by atomic mass is 16.6. The Morgan fingerprint density at radius 2 is 2.36 bits per heavy atom. The van der Waals surface area contributed by atoms with E-state index in [4.69, 9.17) is 15.2 Å². The maximum atomic E-state index is 10.5. The minimum Gasteiger partial charge on any atom is -0.387 e. The molecule has 2 heterocycles. The Morgan fingerprint density at radius 1 is 1.73 bits per heavy atom. The van der Waals surface area contributed by atoms with E-state index in [1.807, 2.05) is 0 Å². The summed E-state index contributed by atoms with van der Waals surface area (Å²) >= 11 is 0. The topological polar surface area (TPSA) is 88.4 Å². The van der Waals surface area contributed by atoms with Gasteiger partial charge in [0.05, 0.1) is 6.61 Å². The maximum Gasteiger partial charge on any atom is 0.249 e. The van der Waals surface area contributed by atoms with E-state index in [0.29, 0.717) is 6.61 Å². The summed E-state index contributed by atoms with van der Waals surface area (Å²) in [6, 6.07) is 0. The number of primary amides is 1. The lowest BCUT2D eigenvalue weighted by Gasteiger charge is -1.99. The summed E-state index contributed by atoms with van der Waals surface area (Å²) in [5.41, 5.74) is 4.93. The van der Waals surface area contributed by atoms with Gasteiger partial charge in [-0.05, 0) is 0 Å². The number of hydrogen-bond acceptors (Lipinski definition) is 4. The molecule has 5 heteroatoms. The van der Waals surface area contributed by atoms with Crippen molar-refractivity contribution >= 4 is 5.91 Å². The van der Waals surface area contributed by atoms with Crippen molar-refractivity contribution in [2.75, 3.05) is 6.61 Å². The molecule has 0 radical (unpaired) electrons. The third-order valence-corrected chi connectivity index (χ3v) is 1.88. The third-order valence-electron chi connectivity index (χ3n) is 1.88. The molecule has 0 aliphatic carbocycles. The van der Waals surface area contributed by atoms with Crippen LogP contribution in [0.25, 0.3) is 0 Å². The molecule has 0 bridgehead atoms. The SMILES string of the molecule is NC(=O)[C@@H]1O[C@H]1[C@H](O)[C@H]1CO1. The first kappa shape index (κ1) is 7.02. The molecule has 2 aliphatic rings. The fourth-order valence-electron chi connectivity index (χ4n) is 1.08. The maximum absolute atomic E-state index is 10.5. The van der Waals surface area contributed by atoms with E-state index < -0.39 is 24.2 Å². The zero-order chi connectivity index (χ0) is 8.01. The molecule has 2 saturated heterocycles. The Kier molecular flexibility index (Phi) is 1.38. The number of aliphatic hydroxyl groups excluding tert-OH is 1. The quantitative estimate of drug-likeness (QED) is 0.466. The number of ether oxygens (including phenoxy) is 2. The van der Waals surface area contributed by atoms with Gasteiger partial charge in [-0.25, -0.2) is 0 Å². The molecular weight excluding hydrogens is 150 g/mol. The number of epoxide rings is 2. The minimum absolute atomic E-state index is 0.149. The minimum atomic E-state index is -0.688. The van der Waals surface area contributed by atoms with Crippen LogP contribution in [0.2, 0.25) is 0 Å². The van der Waals surface area contributed by atoms with E-state index in [9.17, 15) is 9.90 Å². The first-order valence-corrected chi connectivity index (χ1v) is 3.44. The van der Waals surface area contributed by atoms with Gasteiger partial charge in [0.2, 0.25) is 5.91 Å². The predicted molar refractivity (Wildman–Crippen MR) is 33.6 cm³/mol. The zero-order valence-corrected chi connectivity index (χ0v) is 5.77. The molecule has 3 N–H and O–H groups in total. The number of carbonyl (C=O) groups is 1. The van der Waals surface area contributed by atoms with Crippen LogP contribution in [0.1, 0.15) is 0 Å². The molecule has 0 aromatic heterocycles. The number of amides is 1. The van der Waals surface area contributed by atoms with Gasteiger partial charge >= 0.3 is 0 Å². The Balaban J connectivity index is 1.84. The molecule has 0 saturated carbocycles. The molecule has 5 nitrogen and oxygen atoms in total. The lowest BCUT2D eigenvalue weighted by molar-refractivity contribution is -0.119. The van der Waals surface area contributed by atoms with Crippen LogP contribution in [0.15, 0.2) is 0 Å². The van der Waals surface area contributed by atoms with Crippen LogP contribution in [0.4, 0.5) is 0 Å². The summed E-state index contributed by atoms with van der Waals surface area (Å²) in [5, 5.41) is 9.29. The average Bonchev–Trinajstić information content (AvgIpc) is 2.83. The van der Waals surface area contributed by atoms with Crippen LogP contribution in [0, 0.1) is 0 Å². The fourth-order valence-corrected chi connectivity index (χ4v) is 1.08. The summed E-state index contributed by atoms with van der Waals surface area (Å²) in [6.07, 6.45) is -1.87. The number of nitrogens with two attached hydrogens (primary N) is 1. The van der Waals surface area contributed by atoms with E-state index in [-0.39, 0.29) is 6.10 Å². The second kappa shape index (κ2) is 2.17. The first-order chi connectivity index (χ1) is 5.20. The summed E-state index contributed by atoms with van der Waals surface area (Å²) < 4.78 is 9.65. The second-order valence-corrected chi connectivity index (χ2v) is 2.79. The summed E-state index contributed by atoms with van der Waals surface area (Å²) in [6.45, 7) is 0.548. The fraction of sp³-hybridized carbons (Fsp3) is 0.833. The molecule has 11 heavy (non-hydrogen) atoms. The molecular formula is C6H9NO4. The zero-order valence-electron chi connectivity index (χ0n) is 5.77. The lowest BCUT2D eigenvalue weighted by atomic mass is 10.1. The highest BCUT2D eigenvalue weighted by molar-refractivity contribution is 5.82. The number of hydrogen-bond donors (Lipinski definition) is 2. The predicted octanol–water partition coefficient (Wildman–Crippen LogP) is -2.00. The van der Waals surface area contributed by atoms with E-state index in [0.717, 1.165) is 0 Å². The van der Waals surface area contributed by atoms with E-state index >= 15 is 0 Å². The van der Waals surface area contributed by atoms with Crippen molar-refractivity contribution in [3.63, 3.8) is 0 Å². The Morgan fingerprint density at radius 3 is 2.73 bits per heavy atom. The van der Waals surface area contributed by atoms with Gasteiger partial charge < -0.3 is 20.3 Å². The molecule has 0 unspecified atom stereocenters. The van der Waals surface area contributed by atoms with Crippen LogP contribution < -0.4 is 5.73 Å². The first-order valence-electron chi connectivity index (χ1n) is 3.44. The van der Waals surface area contributed by atoms with Gasteiger partial charge in [-0.1, -0.05) is 0 Å². The van der Waals surface area contributed by atoms with Gasteiger partial charge in [-0.15, -0.1) is 0 Å². The molecule has 0 aromatic carbocycles. The molecule has 1 amide bonds. The van der Waals surface area contributed by atoms with Crippen molar-refractivity contribution in [2.24, 2.45) is 5.73 Å². The van der Waals surface area contributed by atoms with Crippen molar-refractivity contribution in [2.45, 2.75) is 24.4 Å². The van der Waals surface area contributed by atoms with Crippen LogP contribution >= 0.6 is 0 Å².